The van der Waals surface area contributed by atoms with Crippen LogP contribution in [0, 0.1) is 111 Å². The Morgan fingerprint density at radius 3 is 0.772 bits per heavy atom. The molecule has 0 spiro atoms. The topological polar surface area (TPSA) is 4.44 Å². The maximum Gasteiger partial charge on any atom is 0.379 e. The maximum absolute atomic E-state index is 16.0. The molecule has 0 amide bonds. The van der Waals surface area contributed by atoms with E-state index in [2.05, 4.69) is 14.1 Å². The molecular formula is C32H18BCl3F19NSi. The molecule has 0 aliphatic heterocycles. The van der Waals surface area contributed by atoms with Gasteiger partial charge in [0.1, 0.15) is 52.7 Å². The van der Waals surface area contributed by atoms with Gasteiger partial charge in [0.15, 0.2) is 64.0 Å². The summed E-state index contributed by atoms with van der Waals surface area (Å²) >= 11 is 16.0. The van der Waals surface area contributed by atoms with Crippen molar-refractivity contribution in [3.8, 4) is 0 Å². The lowest BCUT2D eigenvalue weighted by Gasteiger charge is -2.45. The van der Waals surface area contributed by atoms with Crippen molar-refractivity contribution >= 4 is 72.4 Å². The minimum atomic E-state index is -7.20. The Labute approximate surface area is 322 Å². The van der Waals surface area contributed by atoms with Crippen LogP contribution in [0.15, 0.2) is 0 Å². The maximum atomic E-state index is 16.0. The fourth-order valence-electron chi connectivity index (χ4n) is 6.83. The molecule has 5 rings (SSSR count). The number of nitrogens with one attached hydrogen (secondary N) is 1. The zero-order chi connectivity index (χ0) is 43.5. The van der Waals surface area contributed by atoms with Gasteiger partial charge in [0.05, 0.1) is 25.3 Å². The average Bonchev–Trinajstić information content (AvgIpc) is 3.15. The van der Waals surface area contributed by atoms with Crippen LogP contribution in [0.4, 0.5) is 83.4 Å². The molecule has 25 heteroatoms. The summed E-state index contributed by atoms with van der Waals surface area (Å²) in [6, 6.07) is -4.44. The first-order valence-electron chi connectivity index (χ1n) is 15.7. The Kier molecular flexibility index (Phi) is 13.6. The minimum absolute atomic E-state index is 0.971. The van der Waals surface area contributed by atoms with Crippen molar-refractivity contribution in [1.82, 2.24) is 0 Å². The molecule has 1 N–H and O–H groups in total. The van der Waals surface area contributed by atoms with E-state index in [1.165, 1.54) is 32.1 Å². The highest BCUT2D eigenvalue weighted by molar-refractivity contribution is 7.69. The highest BCUT2D eigenvalue weighted by Gasteiger charge is 2.53. The molecule has 0 saturated heterocycles. The molecule has 57 heavy (non-hydrogen) atoms. The second kappa shape index (κ2) is 16.7. The normalized spacial score (nSPS) is 14.1. The molecule has 1 aliphatic carbocycles. The predicted octanol–water partition coefficient (Wildman–Crippen LogP) is 7.03. The fraction of sp³-hybridized carbons (Fsp3) is 0.250. The number of benzene rings is 4. The summed E-state index contributed by atoms with van der Waals surface area (Å²) in [4.78, 5) is 1.65. The first-order valence-corrected chi connectivity index (χ1v) is 20.7. The van der Waals surface area contributed by atoms with Crippen LogP contribution < -0.4 is 31.9 Å². The van der Waals surface area contributed by atoms with Crippen LogP contribution in [0.2, 0.25) is 0 Å². The van der Waals surface area contributed by atoms with E-state index in [0.29, 0.717) is 0 Å². The lowest BCUT2D eigenvalue weighted by atomic mass is 9.12. The summed E-state index contributed by atoms with van der Waals surface area (Å²) < 4.78 is 286. The van der Waals surface area contributed by atoms with E-state index < -0.39 is 150 Å². The summed E-state index contributed by atoms with van der Waals surface area (Å²) in [5.41, 5.74) is -14.1. The second-order valence-corrected chi connectivity index (χ2v) is 21.1. The van der Waals surface area contributed by atoms with Crippen molar-refractivity contribution in [1.29, 1.82) is 0 Å². The van der Waals surface area contributed by atoms with Crippen molar-refractivity contribution in [2.75, 3.05) is 14.1 Å². The first kappa shape index (κ1) is 46.4. The van der Waals surface area contributed by atoms with Gasteiger partial charge in [0.2, 0.25) is 0 Å². The summed E-state index contributed by atoms with van der Waals surface area (Å²) in [6.07, 6.45) is 0.129. The van der Waals surface area contributed by atoms with Gasteiger partial charge in [-0.2, -0.15) is 0 Å². The molecule has 312 valence electrons. The van der Waals surface area contributed by atoms with E-state index in [9.17, 15) is 39.5 Å². The minimum Gasteiger partial charge on any atom is -0.337 e. The molecule has 1 aliphatic rings. The average molecular weight is 923 g/mol. The molecule has 4 aromatic carbocycles. The lowest BCUT2D eigenvalue weighted by Crippen LogP contribution is -3.10. The summed E-state index contributed by atoms with van der Waals surface area (Å²) in [5, 5.41) is -2.33. The smallest absolute Gasteiger partial charge is 0.337 e. The van der Waals surface area contributed by atoms with Crippen molar-refractivity contribution < 1.29 is 88.3 Å². The van der Waals surface area contributed by atoms with Gasteiger partial charge >= 0.3 is 6.00 Å². The zero-order valence-corrected chi connectivity index (χ0v) is 31.3. The highest BCUT2D eigenvalue weighted by atomic mass is 35.8. The summed E-state index contributed by atoms with van der Waals surface area (Å²) in [5.74, 6) is -66.7. The molecule has 1 fully saturated rings. The van der Waals surface area contributed by atoms with Crippen LogP contribution in [0.5, 0.6) is 0 Å². The van der Waals surface area contributed by atoms with Gasteiger partial charge in [-0.25, -0.2) is 83.4 Å². The van der Waals surface area contributed by atoms with E-state index in [4.69, 9.17) is 33.2 Å². The van der Waals surface area contributed by atoms with Gasteiger partial charge in [-0.3, -0.25) is 0 Å². The number of hydrogen-bond acceptors (Lipinski definition) is 0. The predicted molar refractivity (Wildman–Crippen MR) is 172 cm³/mol. The van der Waals surface area contributed by atoms with E-state index in [1.807, 2.05) is 0 Å². The van der Waals surface area contributed by atoms with Crippen LogP contribution >= 0.6 is 33.2 Å². The van der Waals surface area contributed by atoms with E-state index in [1.54, 1.807) is 4.90 Å². The molecule has 0 atom stereocenters. The Bertz CT molecular complexity index is 2000. The van der Waals surface area contributed by atoms with Crippen molar-refractivity contribution in [2.24, 2.45) is 0 Å². The molecule has 0 aromatic heterocycles. The van der Waals surface area contributed by atoms with E-state index >= 15 is 43.9 Å². The summed E-state index contributed by atoms with van der Waals surface area (Å²) in [7, 11) is 4.55. The van der Waals surface area contributed by atoms with Crippen LogP contribution in [0.25, 0.3) is 0 Å². The third-order valence-electron chi connectivity index (χ3n) is 9.47. The molecule has 1 nitrogen and oxygen atoms in total. The van der Waals surface area contributed by atoms with Gasteiger partial charge in [0.25, 0.3) is 0 Å². The van der Waals surface area contributed by atoms with E-state index in [0.717, 1.165) is 6.04 Å². The molecule has 0 bridgehead atoms. The zero-order valence-electron chi connectivity index (χ0n) is 28.0. The first-order chi connectivity index (χ1) is 26.2. The third-order valence-corrected chi connectivity index (χ3v) is 12.2. The molecule has 0 heterocycles. The van der Waals surface area contributed by atoms with Crippen LogP contribution in [0.3, 0.4) is 0 Å². The molecule has 4 aromatic rings. The Morgan fingerprint density at radius 1 is 0.368 bits per heavy atom. The second-order valence-electron chi connectivity index (χ2n) is 12.8. The van der Waals surface area contributed by atoms with Gasteiger partial charge in [-0.05, 0) is 25.7 Å². The number of quaternary nitrogens is 1. The monoisotopic (exact) mass is 921 g/mol. The molecule has 0 unspecified atom stereocenters. The van der Waals surface area contributed by atoms with Crippen LogP contribution in [0.1, 0.15) is 32.1 Å². The largest absolute Gasteiger partial charge is 0.379 e. The van der Waals surface area contributed by atoms with Gasteiger partial charge in [-0.15, -0.1) is 55.1 Å². The number of rotatable bonds is 6. The molecule has 0 radical (unpaired) electrons. The Hall–Kier alpha value is -3.34. The van der Waals surface area contributed by atoms with Crippen molar-refractivity contribution in [3.63, 3.8) is 0 Å². The fourth-order valence-corrected chi connectivity index (χ4v) is 9.04. The number of halogens is 22. The van der Waals surface area contributed by atoms with Gasteiger partial charge < -0.3 is 4.90 Å². The van der Waals surface area contributed by atoms with Crippen molar-refractivity contribution in [2.45, 2.75) is 38.1 Å². The summed E-state index contributed by atoms with van der Waals surface area (Å²) in [6.45, 7) is 0. The lowest BCUT2D eigenvalue weighted by molar-refractivity contribution is -0.887. The number of hydrogen-bond donors (Lipinski definition) is 1. The molecular weight excluding hydrogens is 905 g/mol. The quantitative estimate of drug-likeness (QED) is 0.0698. The SMILES string of the molecule is C[NH+](C)C1CCCCC1.Fc1c(F)c(F)c([B-](c2c(F)c(F)c(F)c(F)c2F)(c2c(F)c(F)c(F)c(F)c2F)c2c(F)c(F)c([Si](Cl)(Cl)Cl)c(F)c2F)c(F)c1F. The molecule has 1 saturated carbocycles. The highest BCUT2D eigenvalue weighted by Crippen LogP contribution is 2.31. The Morgan fingerprint density at radius 2 is 0.579 bits per heavy atom. The third kappa shape index (κ3) is 7.45. The standard InChI is InChI=1S/C24BCl3F19Si.C8H17N/c26-48(27,28)24-22(46)11(35)4(12(36)23(24)47)25(1-5(29)13(37)19(43)14(38)6(1)30,2-7(31)15(39)20(44)16(40)8(2)32)3-9(33)17(41)21(45)18(42)10(3)34;1-9(2)8-6-4-3-5-7-8/h;8H,3-7H2,1-2H3/q-1;/p+1. The van der Waals surface area contributed by atoms with Gasteiger partial charge in [-0.1, -0.05) is 6.42 Å². The van der Waals surface area contributed by atoms with Gasteiger partial charge in [0, 0.05) is 0 Å². The van der Waals surface area contributed by atoms with Crippen molar-refractivity contribution in [3.05, 3.63) is 111 Å². The van der Waals surface area contributed by atoms with Crippen LogP contribution in [-0.4, -0.2) is 32.3 Å². The van der Waals surface area contributed by atoms with E-state index in [-0.39, 0.29) is 0 Å². The Balaban J connectivity index is 0.000000702. The van der Waals surface area contributed by atoms with Crippen LogP contribution in [-0.2, 0) is 0 Å².